The Balaban J connectivity index is 2.35. The lowest BCUT2D eigenvalue weighted by atomic mass is 10.2. The Morgan fingerprint density at radius 3 is 2.74 bits per heavy atom. The van der Waals surface area contributed by atoms with Crippen LogP contribution in [0.4, 0.5) is 5.69 Å². The fourth-order valence-electron chi connectivity index (χ4n) is 1.38. The molecule has 1 aromatic carbocycles. The fourth-order valence-corrected chi connectivity index (χ4v) is 2.54. The highest BCUT2D eigenvalue weighted by Gasteiger charge is 2.16. The normalized spacial score (nSPS) is 11.2. The highest BCUT2D eigenvalue weighted by Crippen LogP contribution is 2.22. The van der Waals surface area contributed by atoms with Crippen molar-refractivity contribution in [3.63, 3.8) is 0 Å². The van der Waals surface area contributed by atoms with Gasteiger partial charge in [-0.2, -0.15) is 8.42 Å². The van der Waals surface area contributed by atoms with Crippen molar-refractivity contribution in [1.82, 2.24) is 9.97 Å². The maximum absolute atomic E-state index is 11.9. The monoisotopic (exact) mass is 300 g/mol. The van der Waals surface area contributed by atoms with Gasteiger partial charge in [0.1, 0.15) is 0 Å². The molecule has 4 N–H and O–H groups in total. The van der Waals surface area contributed by atoms with E-state index in [0.717, 1.165) is 6.20 Å². The zero-order valence-electron chi connectivity index (χ0n) is 9.42. The van der Waals surface area contributed by atoms with E-state index in [1.54, 1.807) is 0 Å². The SMILES string of the molecule is NC(=O)c1cc(NS(=O)(=O)c2cnc[nH]2)ccc1Cl. The lowest BCUT2D eigenvalue weighted by Gasteiger charge is -2.08. The van der Waals surface area contributed by atoms with Gasteiger partial charge in [-0.3, -0.25) is 9.52 Å². The van der Waals surface area contributed by atoms with Crippen molar-refractivity contribution in [3.05, 3.63) is 41.3 Å². The van der Waals surface area contributed by atoms with E-state index in [4.69, 9.17) is 17.3 Å². The third-order valence-corrected chi connectivity index (χ3v) is 3.88. The Morgan fingerprint density at radius 1 is 1.42 bits per heavy atom. The number of primary amides is 1. The van der Waals surface area contributed by atoms with Crippen LogP contribution in [0.25, 0.3) is 0 Å². The number of carbonyl (C=O) groups excluding carboxylic acids is 1. The van der Waals surface area contributed by atoms with Crippen LogP contribution < -0.4 is 10.5 Å². The summed E-state index contributed by atoms with van der Waals surface area (Å²) in [5.41, 5.74) is 5.33. The molecule has 0 saturated heterocycles. The number of hydrogen-bond acceptors (Lipinski definition) is 4. The molecule has 0 aliphatic rings. The topological polar surface area (TPSA) is 118 Å². The predicted molar refractivity (Wildman–Crippen MR) is 69.4 cm³/mol. The van der Waals surface area contributed by atoms with E-state index in [2.05, 4.69) is 14.7 Å². The van der Waals surface area contributed by atoms with Crippen LogP contribution in [0, 0.1) is 0 Å². The number of amides is 1. The summed E-state index contributed by atoms with van der Waals surface area (Å²) in [6.07, 6.45) is 2.40. The molecule has 0 fully saturated rings. The van der Waals surface area contributed by atoms with E-state index in [9.17, 15) is 13.2 Å². The number of hydrogen-bond donors (Lipinski definition) is 3. The van der Waals surface area contributed by atoms with Crippen molar-refractivity contribution in [2.24, 2.45) is 5.73 Å². The zero-order valence-corrected chi connectivity index (χ0v) is 11.0. The van der Waals surface area contributed by atoms with Gasteiger partial charge in [-0.15, -0.1) is 0 Å². The summed E-state index contributed by atoms with van der Waals surface area (Å²) in [7, 11) is -3.79. The summed E-state index contributed by atoms with van der Waals surface area (Å²) >= 11 is 5.77. The van der Waals surface area contributed by atoms with E-state index in [-0.39, 0.29) is 21.3 Å². The van der Waals surface area contributed by atoms with Crippen LogP contribution in [0.15, 0.2) is 35.7 Å². The summed E-state index contributed by atoms with van der Waals surface area (Å²) < 4.78 is 26.1. The van der Waals surface area contributed by atoms with Crippen LogP contribution in [-0.4, -0.2) is 24.3 Å². The molecule has 100 valence electrons. The maximum Gasteiger partial charge on any atom is 0.278 e. The van der Waals surface area contributed by atoms with Gasteiger partial charge >= 0.3 is 0 Å². The van der Waals surface area contributed by atoms with Gasteiger partial charge in [0.25, 0.3) is 10.0 Å². The average Bonchev–Trinajstić information content (AvgIpc) is 2.85. The Hall–Kier alpha value is -2.06. The van der Waals surface area contributed by atoms with Gasteiger partial charge in [0.2, 0.25) is 5.91 Å². The van der Waals surface area contributed by atoms with Crippen LogP contribution in [0.2, 0.25) is 5.02 Å². The lowest BCUT2D eigenvalue weighted by Crippen LogP contribution is -2.15. The molecule has 1 heterocycles. The molecule has 9 heteroatoms. The minimum Gasteiger partial charge on any atom is -0.366 e. The molecule has 0 aliphatic heterocycles. The first-order valence-electron chi connectivity index (χ1n) is 5.01. The molecule has 1 amide bonds. The summed E-state index contributed by atoms with van der Waals surface area (Å²) in [5.74, 6) is -0.743. The lowest BCUT2D eigenvalue weighted by molar-refractivity contribution is 0.100. The molecule has 19 heavy (non-hydrogen) atoms. The van der Waals surface area contributed by atoms with Gasteiger partial charge in [0, 0.05) is 5.69 Å². The van der Waals surface area contributed by atoms with E-state index in [0.29, 0.717) is 0 Å². The number of halogens is 1. The molecule has 0 radical (unpaired) electrons. The molecule has 0 atom stereocenters. The standard InChI is InChI=1S/C10H9ClN4O3S/c11-8-2-1-6(3-7(8)10(12)16)15-19(17,18)9-4-13-5-14-9/h1-5,15H,(H2,12,16)(H,13,14). The number of nitrogens with zero attached hydrogens (tertiary/aromatic N) is 1. The van der Waals surface area contributed by atoms with Crippen molar-refractivity contribution in [2.45, 2.75) is 5.03 Å². The molecule has 1 aromatic heterocycles. The number of sulfonamides is 1. The highest BCUT2D eigenvalue weighted by atomic mass is 35.5. The number of aromatic amines is 1. The smallest absolute Gasteiger partial charge is 0.278 e. The Bertz CT molecular complexity index is 712. The number of benzene rings is 1. The molecule has 0 spiro atoms. The van der Waals surface area contributed by atoms with Crippen LogP contribution >= 0.6 is 11.6 Å². The minimum atomic E-state index is -3.79. The number of aromatic nitrogens is 2. The van der Waals surface area contributed by atoms with Gasteiger partial charge in [-0.05, 0) is 18.2 Å². The fraction of sp³-hybridized carbons (Fsp3) is 0. The van der Waals surface area contributed by atoms with Crippen molar-refractivity contribution in [3.8, 4) is 0 Å². The van der Waals surface area contributed by atoms with E-state index in [1.807, 2.05) is 0 Å². The van der Waals surface area contributed by atoms with Crippen molar-refractivity contribution in [2.75, 3.05) is 4.72 Å². The van der Waals surface area contributed by atoms with Gasteiger partial charge in [0.15, 0.2) is 5.03 Å². The molecule has 0 aliphatic carbocycles. The number of carbonyl (C=O) groups is 1. The highest BCUT2D eigenvalue weighted by molar-refractivity contribution is 7.92. The molecular weight excluding hydrogens is 292 g/mol. The van der Waals surface area contributed by atoms with Crippen LogP contribution in [0.3, 0.4) is 0 Å². The van der Waals surface area contributed by atoms with Gasteiger partial charge in [-0.1, -0.05) is 11.6 Å². The minimum absolute atomic E-state index is 0.0338. The Kier molecular flexibility index (Phi) is 3.45. The molecule has 2 aromatic rings. The predicted octanol–water partition coefficient (Wildman–Crippen LogP) is 0.963. The van der Waals surface area contributed by atoms with Gasteiger partial charge < -0.3 is 10.7 Å². The third kappa shape index (κ3) is 2.85. The zero-order chi connectivity index (χ0) is 14.0. The van der Waals surface area contributed by atoms with Crippen molar-refractivity contribution >= 4 is 33.2 Å². The molecule has 0 unspecified atom stereocenters. The summed E-state index contributed by atoms with van der Waals surface area (Å²) in [5, 5.41) is 0.0556. The van der Waals surface area contributed by atoms with Gasteiger partial charge in [0.05, 0.1) is 23.1 Å². The first-order valence-corrected chi connectivity index (χ1v) is 6.87. The summed E-state index contributed by atoms with van der Waals surface area (Å²) in [6.45, 7) is 0. The van der Waals surface area contributed by atoms with Crippen LogP contribution in [0.5, 0.6) is 0 Å². The first kappa shape index (κ1) is 13.4. The largest absolute Gasteiger partial charge is 0.366 e. The number of H-pyrrole nitrogens is 1. The maximum atomic E-state index is 11.9. The summed E-state index contributed by atoms with van der Waals surface area (Å²) in [4.78, 5) is 17.2. The van der Waals surface area contributed by atoms with E-state index >= 15 is 0 Å². The molecular formula is C10H9ClN4O3S. The number of rotatable bonds is 4. The number of imidazole rings is 1. The van der Waals surface area contributed by atoms with Crippen LogP contribution in [0.1, 0.15) is 10.4 Å². The third-order valence-electron chi connectivity index (χ3n) is 2.25. The first-order chi connectivity index (χ1) is 8.90. The van der Waals surface area contributed by atoms with Crippen molar-refractivity contribution < 1.29 is 13.2 Å². The molecule has 0 bridgehead atoms. The van der Waals surface area contributed by atoms with Crippen LogP contribution in [-0.2, 0) is 10.0 Å². The number of nitrogens with one attached hydrogen (secondary N) is 2. The molecule has 0 saturated carbocycles. The number of nitrogens with two attached hydrogens (primary N) is 1. The van der Waals surface area contributed by atoms with E-state index < -0.39 is 15.9 Å². The summed E-state index contributed by atoms with van der Waals surface area (Å²) in [6, 6.07) is 4.06. The Labute approximate surface area is 113 Å². The second kappa shape index (κ2) is 4.90. The average molecular weight is 301 g/mol. The van der Waals surface area contributed by atoms with Gasteiger partial charge in [-0.25, -0.2) is 4.98 Å². The van der Waals surface area contributed by atoms with E-state index in [1.165, 1.54) is 24.5 Å². The quantitative estimate of drug-likeness (QED) is 0.779. The second-order valence-corrected chi connectivity index (χ2v) is 5.64. The molecule has 7 nitrogen and oxygen atoms in total. The van der Waals surface area contributed by atoms with Crippen molar-refractivity contribution in [1.29, 1.82) is 0 Å². The Morgan fingerprint density at radius 2 is 2.16 bits per heavy atom. The molecule has 2 rings (SSSR count). The second-order valence-electron chi connectivity index (χ2n) is 3.58. The number of anilines is 1.